The van der Waals surface area contributed by atoms with E-state index in [1.54, 1.807) is 40.8 Å². The van der Waals surface area contributed by atoms with Gasteiger partial charge < -0.3 is 10.2 Å². The van der Waals surface area contributed by atoms with E-state index in [0.29, 0.717) is 55.0 Å². The van der Waals surface area contributed by atoms with E-state index < -0.39 is 0 Å². The molecule has 2 heterocycles. The van der Waals surface area contributed by atoms with E-state index in [4.69, 9.17) is 0 Å². The zero-order chi connectivity index (χ0) is 20.3. The van der Waals surface area contributed by atoms with Crippen molar-refractivity contribution in [3.05, 3.63) is 57.3 Å². The summed E-state index contributed by atoms with van der Waals surface area (Å²) in [6.45, 7) is 4.78. The molecule has 0 spiro atoms. The molecule has 3 rings (SSSR count). The number of aryl methyl sites for hydroxylation is 1. The van der Waals surface area contributed by atoms with Crippen LogP contribution in [0.25, 0.3) is 0 Å². The number of carbonyl (C=O) groups excluding carboxylic acids is 2. The molecule has 2 aromatic rings. The Balaban J connectivity index is 1.71. The molecule has 1 aromatic heterocycles. The number of amides is 2. The van der Waals surface area contributed by atoms with Crippen molar-refractivity contribution in [1.82, 2.24) is 14.5 Å². The van der Waals surface area contributed by atoms with Crippen LogP contribution in [0.3, 0.4) is 0 Å². The highest BCUT2D eigenvalue weighted by atomic mass is 16.2. The molecular formula is C21H26N4O3. The number of benzene rings is 1. The number of aromatic nitrogens is 2. The van der Waals surface area contributed by atoms with E-state index in [1.807, 2.05) is 13.8 Å². The van der Waals surface area contributed by atoms with Crippen LogP contribution in [0.2, 0.25) is 0 Å². The molecule has 0 fully saturated rings. The molecular weight excluding hydrogens is 356 g/mol. The average molecular weight is 382 g/mol. The predicted molar refractivity (Wildman–Crippen MR) is 108 cm³/mol. The van der Waals surface area contributed by atoms with Crippen molar-refractivity contribution in [3.63, 3.8) is 0 Å². The number of hydrogen-bond acceptors (Lipinski definition) is 4. The minimum atomic E-state index is -0.0761. The minimum Gasteiger partial charge on any atom is -0.338 e. The molecule has 0 saturated heterocycles. The highest BCUT2D eigenvalue weighted by molar-refractivity contribution is 5.95. The first-order chi connectivity index (χ1) is 13.4. The van der Waals surface area contributed by atoms with Gasteiger partial charge in [-0.2, -0.15) is 0 Å². The first-order valence-corrected chi connectivity index (χ1v) is 9.65. The average Bonchev–Trinajstić information content (AvgIpc) is 2.89. The molecule has 1 aliphatic heterocycles. The Hall–Kier alpha value is -2.96. The lowest BCUT2D eigenvalue weighted by molar-refractivity contribution is -0.116. The van der Waals surface area contributed by atoms with Gasteiger partial charge in [-0.15, -0.1) is 0 Å². The van der Waals surface area contributed by atoms with Gasteiger partial charge in [0.1, 0.15) is 5.82 Å². The Kier molecular flexibility index (Phi) is 5.92. The molecule has 28 heavy (non-hydrogen) atoms. The van der Waals surface area contributed by atoms with Crippen molar-refractivity contribution in [1.29, 1.82) is 0 Å². The molecule has 1 aliphatic rings. The molecule has 1 aromatic carbocycles. The monoisotopic (exact) mass is 382 g/mol. The lowest BCUT2D eigenvalue weighted by Crippen LogP contribution is -2.33. The van der Waals surface area contributed by atoms with Crippen molar-refractivity contribution in [2.45, 2.75) is 39.5 Å². The zero-order valence-corrected chi connectivity index (χ0v) is 16.6. The van der Waals surface area contributed by atoms with E-state index in [2.05, 4.69) is 10.3 Å². The molecule has 0 saturated carbocycles. The lowest BCUT2D eigenvalue weighted by atomic mass is 10.1. The van der Waals surface area contributed by atoms with Gasteiger partial charge in [0.2, 0.25) is 5.91 Å². The summed E-state index contributed by atoms with van der Waals surface area (Å²) in [5.74, 6) is 0.577. The first-order valence-electron chi connectivity index (χ1n) is 9.65. The van der Waals surface area contributed by atoms with Gasteiger partial charge >= 0.3 is 0 Å². The van der Waals surface area contributed by atoms with E-state index in [-0.39, 0.29) is 17.4 Å². The third kappa shape index (κ3) is 4.13. The van der Waals surface area contributed by atoms with Gasteiger partial charge in [0.15, 0.2) is 0 Å². The fraction of sp³-hybridized carbons (Fsp3) is 0.429. The van der Waals surface area contributed by atoms with Crippen LogP contribution in [-0.4, -0.2) is 39.4 Å². The van der Waals surface area contributed by atoms with Crippen LogP contribution in [-0.2, 0) is 24.7 Å². The van der Waals surface area contributed by atoms with Crippen molar-refractivity contribution < 1.29 is 9.59 Å². The van der Waals surface area contributed by atoms with Gasteiger partial charge in [0, 0.05) is 49.8 Å². The highest BCUT2D eigenvalue weighted by Gasteiger charge is 2.23. The Morgan fingerprint density at radius 3 is 2.50 bits per heavy atom. The number of nitrogens with one attached hydrogen (secondary N) is 1. The quantitative estimate of drug-likeness (QED) is 0.877. The van der Waals surface area contributed by atoms with Gasteiger partial charge in [0.25, 0.3) is 11.5 Å². The standard InChI is InChI=1S/C21H26N4O3/c1-4-5-19(26)23-16-8-6-15(7-9-16)20(27)25-12-10-17-18(11-13-25)22-14(2)24(3)21(17)28/h6-9H,4-5,10-13H2,1-3H3,(H,23,26). The molecule has 148 valence electrons. The van der Waals surface area contributed by atoms with Crippen LogP contribution < -0.4 is 10.9 Å². The van der Waals surface area contributed by atoms with Crippen molar-refractivity contribution >= 4 is 17.5 Å². The van der Waals surface area contributed by atoms with Gasteiger partial charge in [-0.05, 0) is 44.0 Å². The largest absolute Gasteiger partial charge is 0.338 e. The van der Waals surface area contributed by atoms with Crippen LogP contribution in [0, 0.1) is 6.92 Å². The van der Waals surface area contributed by atoms with Crippen LogP contribution in [0.1, 0.15) is 47.2 Å². The normalized spacial score (nSPS) is 13.6. The number of anilines is 1. The second-order valence-corrected chi connectivity index (χ2v) is 7.12. The molecule has 0 radical (unpaired) electrons. The molecule has 2 amide bonds. The molecule has 7 nitrogen and oxygen atoms in total. The Morgan fingerprint density at radius 1 is 1.14 bits per heavy atom. The number of rotatable bonds is 4. The second kappa shape index (κ2) is 8.37. The minimum absolute atomic E-state index is 0.0241. The molecule has 0 unspecified atom stereocenters. The Morgan fingerprint density at radius 2 is 1.82 bits per heavy atom. The third-order valence-electron chi connectivity index (χ3n) is 5.12. The summed E-state index contributed by atoms with van der Waals surface area (Å²) >= 11 is 0. The summed E-state index contributed by atoms with van der Waals surface area (Å²) in [7, 11) is 1.72. The van der Waals surface area contributed by atoms with Crippen LogP contribution in [0.15, 0.2) is 29.1 Å². The maximum Gasteiger partial charge on any atom is 0.256 e. The van der Waals surface area contributed by atoms with Crippen molar-refractivity contribution in [2.24, 2.45) is 7.05 Å². The SMILES string of the molecule is CCCC(=O)Nc1ccc(C(=O)N2CCc3nc(C)n(C)c(=O)c3CC2)cc1. The molecule has 0 bridgehead atoms. The smallest absolute Gasteiger partial charge is 0.256 e. The number of nitrogens with zero attached hydrogens (tertiary/aromatic N) is 3. The Bertz CT molecular complexity index is 947. The molecule has 7 heteroatoms. The second-order valence-electron chi connectivity index (χ2n) is 7.12. The van der Waals surface area contributed by atoms with Crippen molar-refractivity contribution in [3.8, 4) is 0 Å². The molecule has 1 N–H and O–H groups in total. The van der Waals surface area contributed by atoms with E-state index in [1.165, 1.54) is 0 Å². The zero-order valence-electron chi connectivity index (χ0n) is 16.6. The molecule has 0 aliphatic carbocycles. The lowest BCUT2D eigenvalue weighted by Gasteiger charge is -2.20. The molecule has 0 atom stereocenters. The van der Waals surface area contributed by atoms with Crippen LogP contribution in [0.5, 0.6) is 0 Å². The fourth-order valence-electron chi connectivity index (χ4n) is 3.40. The maximum absolute atomic E-state index is 12.9. The van der Waals surface area contributed by atoms with Gasteiger partial charge in [-0.25, -0.2) is 4.98 Å². The number of fused-ring (bicyclic) bond motifs is 1. The van der Waals surface area contributed by atoms with E-state index >= 15 is 0 Å². The van der Waals surface area contributed by atoms with Gasteiger partial charge in [0.05, 0.1) is 5.69 Å². The summed E-state index contributed by atoms with van der Waals surface area (Å²) in [6, 6.07) is 6.94. The highest BCUT2D eigenvalue weighted by Crippen LogP contribution is 2.16. The summed E-state index contributed by atoms with van der Waals surface area (Å²) in [6.07, 6.45) is 2.34. The predicted octanol–water partition coefficient (Wildman–Crippen LogP) is 2.07. The van der Waals surface area contributed by atoms with Gasteiger partial charge in [-0.3, -0.25) is 19.0 Å². The van der Waals surface area contributed by atoms with Gasteiger partial charge in [-0.1, -0.05) is 6.92 Å². The van der Waals surface area contributed by atoms with Crippen LogP contribution >= 0.6 is 0 Å². The Labute approximate surface area is 164 Å². The van der Waals surface area contributed by atoms with E-state index in [0.717, 1.165) is 12.1 Å². The number of carbonyl (C=O) groups is 2. The van der Waals surface area contributed by atoms with E-state index in [9.17, 15) is 14.4 Å². The first kappa shape index (κ1) is 19.8. The summed E-state index contributed by atoms with van der Waals surface area (Å²) in [5.41, 5.74) is 2.73. The summed E-state index contributed by atoms with van der Waals surface area (Å²) < 4.78 is 1.56. The van der Waals surface area contributed by atoms with Crippen molar-refractivity contribution in [2.75, 3.05) is 18.4 Å². The summed E-state index contributed by atoms with van der Waals surface area (Å²) in [4.78, 5) is 43.4. The van der Waals surface area contributed by atoms with Crippen LogP contribution in [0.4, 0.5) is 5.69 Å². The summed E-state index contributed by atoms with van der Waals surface area (Å²) in [5, 5.41) is 2.82. The fourth-order valence-corrected chi connectivity index (χ4v) is 3.40. The number of hydrogen-bond donors (Lipinski definition) is 1. The maximum atomic E-state index is 12.9. The topological polar surface area (TPSA) is 84.3 Å². The third-order valence-corrected chi connectivity index (χ3v) is 5.12.